The minimum atomic E-state index is -0.136. The van der Waals surface area contributed by atoms with Crippen LogP contribution in [0.4, 0.5) is 5.69 Å². The molecule has 0 radical (unpaired) electrons. The van der Waals surface area contributed by atoms with Crippen LogP contribution < -0.4 is 10.1 Å². The molecule has 0 fully saturated rings. The van der Waals surface area contributed by atoms with Gasteiger partial charge in [0, 0.05) is 11.8 Å². The second kappa shape index (κ2) is 8.18. The number of carbonyl (C=O) groups excluding carboxylic acids is 1. The van der Waals surface area contributed by atoms with E-state index in [4.69, 9.17) is 4.74 Å². The van der Waals surface area contributed by atoms with E-state index in [0.29, 0.717) is 5.92 Å². The Bertz CT molecular complexity index is 692. The number of methoxy groups -OCH3 is 1. The van der Waals surface area contributed by atoms with E-state index in [-0.39, 0.29) is 5.91 Å². The fourth-order valence-corrected chi connectivity index (χ4v) is 2.35. The number of anilines is 1. The molecular formula is C20H23NO2. The van der Waals surface area contributed by atoms with Crippen molar-refractivity contribution in [1.29, 1.82) is 0 Å². The van der Waals surface area contributed by atoms with Crippen LogP contribution >= 0.6 is 0 Å². The third-order valence-electron chi connectivity index (χ3n) is 3.88. The molecule has 0 heterocycles. The average Bonchev–Trinajstić information content (AvgIpc) is 2.60. The van der Waals surface area contributed by atoms with Crippen LogP contribution in [0, 0.1) is 0 Å². The van der Waals surface area contributed by atoms with Gasteiger partial charge in [-0.1, -0.05) is 44.2 Å². The van der Waals surface area contributed by atoms with Gasteiger partial charge in [0.15, 0.2) is 0 Å². The van der Waals surface area contributed by atoms with E-state index in [1.165, 1.54) is 0 Å². The summed E-state index contributed by atoms with van der Waals surface area (Å²) in [6.45, 7) is 4.31. The highest BCUT2D eigenvalue weighted by Crippen LogP contribution is 2.26. The van der Waals surface area contributed by atoms with Crippen molar-refractivity contribution in [2.24, 2.45) is 0 Å². The lowest BCUT2D eigenvalue weighted by Gasteiger charge is -2.14. The van der Waals surface area contributed by atoms with Gasteiger partial charge < -0.3 is 10.1 Å². The van der Waals surface area contributed by atoms with Crippen LogP contribution in [0.25, 0.3) is 6.08 Å². The quantitative estimate of drug-likeness (QED) is 0.774. The number of para-hydroxylation sites is 1. The Labute approximate surface area is 138 Å². The van der Waals surface area contributed by atoms with Gasteiger partial charge in [-0.25, -0.2) is 0 Å². The fraction of sp³-hybridized carbons (Fsp3) is 0.250. The molecule has 0 aliphatic rings. The SMILES string of the molecule is CC[C@H](C)c1ccccc1NC(=O)/C=C/c1cccc(OC)c1. The second-order valence-corrected chi connectivity index (χ2v) is 5.50. The van der Waals surface area contributed by atoms with E-state index in [9.17, 15) is 4.79 Å². The lowest BCUT2D eigenvalue weighted by atomic mass is 9.97. The molecule has 0 spiro atoms. The van der Waals surface area contributed by atoms with Crippen molar-refractivity contribution in [2.75, 3.05) is 12.4 Å². The fourth-order valence-electron chi connectivity index (χ4n) is 2.35. The molecule has 2 aromatic rings. The first-order chi connectivity index (χ1) is 11.1. The van der Waals surface area contributed by atoms with Gasteiger partial charge in [0.1, 0.15) is 5.75 Å². The molecular weight excluding hydrogens is 286 g/mol. The number of rotatable bonds is 6. The Hall–Kier alpha value is -2.55. The van der Waals surface area contributed by atoms with Gasteiger partial charge in [0.2, 0.25) is 5.91 Å². The van der Waals surface area contributed by atoms with E-state index in [2.05, 4.69) is 25.2 Å². The molecule has 1 N–H and O–H groups in total. The smallest absolute Gasteiger partial charge is 0.248 e. The molecule has 0 aromatic heterocycles. The first-order valence-electron chi connectivity index (χ1n) is 7.86. The van der Waals surface area contributed by atoms with Crippen LogP contribution in [0.3, 0.4) is 0 Å². The zero-order chi connectivity index (χ0) is 16.7. The minimum absolute atomic E-state index is 0.136. The van der Waals surface area contributed by atoms with Crippen LogP contribution in [0.2, 0.25) is 0 Å². The van der Waals surface area contributed by atoms with Gasteiger partial charge in [-0.05, 0) is 47.7 Å². The number of ether oxygens (including phenoxy) is 1. The number of carbonyl (C=O) groups is 1. The molecule has 120 valence electrons. The van der Waals surface area contributed by atoms with Crippen molar-refractivity contribution in [3.63, 3.8) is 0 Å². The number of benzene rings is 2. The molecule has 2 rings (SSSR count). The maximum absolute atomic E-state index is 12.2. The van der Waals surface area contributed by atoms with Gasteiger partial charge in [-0.15, -0.1) is 0 Å². The molecule has 0 unspecified atom stereocenters. The van der Waals surface area contributed by atoms with Crippen LogP contribution in [0.1, 0.15) is 37.3 Å². The number of hydrogen-bond acceptors (Lipinski definition) is 2. The molecule has 0 saturated carbocycles. The van der Waals surface area contributed by atoms with Crippen molar-refractivity contribution in [3.05, 3.63) is 65.7 Å². The lowest BCUT2D eigenvalue weighted by molar-refractivity contribution is -0.111. The van der Waals surface area contributed by atoms with Crippen LogP contribution in [-0.4, -0.2) is 13.0 Å². The van der Waals surface area contributed by atoms with Crippen molar-refractivity contribution >= 4 is 17.7 Å². The van der Waals surface area contributed by atoms with E-state index < -0.39 is 0 Å². The maximum Gasteiger partial charge on any atom is 0.248 e. The largest absolute Gasteiger partial charge is 0.497 e. The molecule has 0 bridgehead atoms. The van der Waals surface area contributed by atoms with Gasteiger partial charge in [-0.3, -0.25) is 4.79 Å². The van der Waals surface area contributed by atoms with Gasteiger partial charge >= 0.3 is 0 Å². The van der Waals surface area contributed by atoms with E-state index in [1.54, 1.807) is 19.3 Å². The summed E-state index contributed by atoms with van der Waals surface area (Å²) in [5, 5.41) is 2.97. The Morgan fingerprint density at radius 1 is 1.22 bits per heavy atom. The van der Waals surface area contributed by atoms with Crippen LogP contribution in [0.15, 0.2) is 54.6 Å². The predicted molar refractivity (Wildman–Crippen MR) is 95.8 cm³/mol. The van der Waals surface area contributed by atoms with Gasteiger partial charge in [-0.2, -0.15) is 0 Å². The highest BCUT2D eigenvalue weighted by atomic mass is 16.5. The molecule has 1 amide bonds. The maximum atomic E-state index is 12.2. The molecule has 1 atom stereocenters. The first-order valence-corrected chi connectivity index (χ1v) is 7.86. The Morgan fingerprint density at radius 3 is 2.74 bits per heavy atom. The van der Waals surface area contributed by atoms with E-state index in [1.807, 2.05) is 42.5 Å². The highest BCUT2D eigenvalue weighted by molar-refractivity contribution is 6.02. The molecule has 3 nitrogen and oxygen atoms in total. The van der Waals surface area contributed by atoms with Gasteiger partial charge in [0.05, 0.1) is 7.11 Å². The first kappa shape index (κ1) is 16.8. The zero-order valence-electron chi connectivity index (χ0n) is 13.9. The summed E-state index contributed by atoms with van der Waals surface area (Å²) in [6, 6.07) is 15.5. The summed E-state index contributed by atoms with van der Waals surface area (Å²) in [7, 11) is 1.63. The summed E-state index contributed by atoms with van der Waals surface area (Å²) in [5.41, 5.74) is 2.97. The Balaban J connectivity index is 2.09. The van der Waals surface area contributed by atoms with Gasteiger partial charge in [0.25, 0.3) is 0 Å². The van der Waals surface area contributed by atoms with Crippen molar-refractivity contribution in [1.82, 2.24) is 0 Å². The zero-order valence-corrected chi connectivity index (χ0v) is 13.9. The third kappa shape index (κ3) is 4.71. The second-order valence-electron chi connectivity index (χ2n) is 5.50. The Morgan fingerprint density at radius 2 is 2.00 bits per heavy atom. The molecule has 2 aromatic carbocycles. The topological polar surface area (TPSA) is 38.3 Å². The highest BCUT2D eigenvalue weighted by Gasteiger charge is 2.09. The summed E-state index contributed by atoms with van der Waals surface area (Å²) in [4.78, 5) is 12.2. The summed E-state index contributed by atoms with van der Waals surface area (Å²) in [6.07, 6.45) is 4.36. The van der Waals surface area contributed by atoms with Crippen molar-refractivity contribution in [3.8, 4) is 5.75 Å². The van der Waals surface area contributed by atoms with E-state index >= 15 is 0 Å². The molecule has 23 heavy (non-hydrogen) atoms. The lowest BCUT2D eigenvalue weighted by Crippen LogP contribution is -2.10. The van der Waals surface area contributed by atoms with Crippen molar-refractivity contribution < 1.29 is 9.53 Å². The number of amides is 1. The molecule has 0 saturated heterocycles. The summed E-state index contributed by atoms with van der Waals surface area (Å²) >= 11 is 0. The standard InChI is InChI=1S/C20H23NO2/c1-4-15(2)18-10-5-6-11-19(18)21-20(22)13-12-16-8-7-9-17(14-16)23-3/h5-15H,4H2,1-3H3,(H,21,22)/b13-12+/t15-/m0/s1. The molecule has 0 aliphatic heterocycles. The molecule has 0 aliphatic carbocycles. The van der Waals surface area contributed by atoms with Crippen LogP contribution in [-0.2, 0) is 4.79 Å². The van der Waals surface area contributed by atoms with Crippen molar-refractivity contribution in [2.45, 2.75) is 26.2 Å². The number of hydrogen-bond donors (Lipinski definition) is 1. The molecule has 3 heteroatoms. The van der Waals surface area contributed by atoms with Crippen LogP contribution in [0.5, 0.6) is 5.75 Å². The summed E-state index contributed by atoms with van der Waals surface area (Å²) < 4.78 is 5.18. The monoisotopic (exact) mass is 309 g/mol. The average molecular weight is 309 g/mol. The predicted octanol–water partition coefficient (Wildman–Crippen LogP) is 4.86. The van der Waals surface area contributed by atoms with E-state index in [0.717, 1.165) is 29.0 Å². The number of nitrogens with one attached hydrogen (secondary N) is 1. The third-order valence-corrected chi connectivity index (χ3v) is 3.88. The normalized spacial score (nSPS) is 12.1. The summed E-state index contributed by atoms with van der Waals surface area (Å²) in [5.74, 6) is 1.05. The minimum Gasteiger partial charge on any atom is -0.497 e. The Kier molecular flexibility index (Phi) is 5.98.